The van der Waals surface area contributed by atoms with Gasteiger partial charge in [-0.1, -0.05) is 24.3 Å². The molecule has 0 unspecified atom stereocenters. The van der Waals surface area contributed by atoms with Gasteiger partial charge in [0.15, 0.2) is 0 Å². The number of aryl methyl sites for hydroxylation is 1. The maximum absolute atomic E-state index is 12.4. The first-order chi connectivity index (χ1) is 12.6. The number of urea groups is 1. The molecule has 2 aromatic rings. The molecule has 0 spiro atoms. The lowest BCUT2D eigenvalue weighted by Crippen LogP contribution is -2.45. The van der Waals surface area contributed by atoms with Crippen LogP contribution in [0.25, 0.3) is 0 Å². The molecule has 2 N–H and O–H groups in total. The highest BCUT2D eigenvalue weighted by Crippen LogP contribution is 2.35. The van der Waals surface area contributed by atoms with Crippen LogP contribution >= 0.6 is 0 Å². The Balaban J connectivity index is 1.69. The topological polar surface area (TPSA) is 59.6 Å². The number of anilines is 1. The third-order valence-corrected chi connectivity index (χ3v) is 5.02. The van der Waals surface area contributed by atoms with Gasteiger partial charge >= 0.3 is 6.03 Å². The lowest BCUT2D eigenvalue weighted by molar-refractivity contribution is 0.0508. The smallest absolute Gasteiger partial charge is 0.319 e. The lowest BCUT2D eigenvalue weighted by atomic mass is 9.74. The number of carbonyl (C=O) groups excluding carboxylic acids is 1. The van der Waals surface area contributed by atoms with Gasteiger partial charge < -0.3 is 20.1 Å². The zero-order chi connectivity index (χ0) is 18.4. The minimum Gasteiger partial charge on any atom is -0.497 e. The number of hydrogen-bond acceptors (Lipinski definition) is 3. The fourth-order valence-corrected chi connectivity index (χ4v) is 3.42. The highest BCUT2D eigenvalue weighted by Gasteiger charge is 2.34. The van der Waals surface area contributed by atoms with Gasteiger partial charge in [-0.05, 0) is 55.2 Å². The summed E-state index contributed by atoms with van der Waals surface area (Å²) in [7, 11) is 1.66. The van der Waals surface area contributed by atoms with E-state index < -0.39 is 0 Å². The van der Waals surface area contributed by atoms with Crippen LogP contribution in [-0.2, 0) is 10.2 Å². The van der Waals surface area contributed by atoms with Crippen molar-refractivity contribution in [2.45, 2.75) is 25.2 Å². The Morgan fingerprint density at radius 1 is 1.15 bits per heavy atom. The second-order valence-electron chi connectivity index (χ2n) is 6.80. The molecule has 5 nitrogen and oxygen atoms in total. The van der Waals surface area contributed by atoms with Gasteiger partial charge in [0.2, 0.25) is 0 Å². The summed E-state index contributed by atoms with van der Waals surface area (Å²) in [5.74, 6) is 0.834. The molecule has 1 heterocycles. The van der Waals surface area contributed by atoms with Crippen molar-refractivity contribution in [3.05, 3.63) is 59.7 Å². The van der Waals surface area contributed by atoms with E-state index in [-0.39, 0.29) is 11.4 Å². The van der Waals surface area contributed by atoms with Crippen LogP contribution in [0.15, 0.2) is 48.5 Å². The van der Waals surface area contributed by atoms with Gasteiger partial charge in [0, 0.05) is 30.9 Å². The maximum Gasteiger partial charge on any atom is 0.319 e. The molecule has 26 heavy (non-hydrogen) atoms. The van der Waals surface area contributed by atoms with E-state index in [0.29, 0.717) is 19.8 Å². The minimum absolute atomic E-state index is 0.117. The third kappa shape index (κ3) is 4.35. The summed E-state index contributed by atoms with van der Waals surface area (Å²) in [6.45, 7) is 3.98. The van der Waals surface area contributed by atoms with Crippen LogP contribution in [0.2, 0.25) is 0 Å². The van der Waals surface area contributed by atoms with E-state index in [4.69, 9.17) is 9.47 Å². The molecule has 0 bridgehead atoms. The van der Waals surface area contributed by atoms with Crippen molar-refractivity contribution in [2.24, 2.45) is 0 Å². The van der Waals surface area contributed by atoms with Crippen molar-refractivity contribution in [2.75, 3.05) is 32.2 Å². The Labute approximate surface area is 154 Å². The van der Waals surface area contributed by atoms with E-state index in [9.17, 15) is 4.79 Å². The molecule has 0 aliphatic carbocycles. The first-order valence-corrected chi connectivity index (χ1v) is 8.95. The van der Waals surface area contributed by atoms with Crippen LogP contribution in [0.5, 0.6) is 5.75 Å². The Kier molecular flexibility index (Phi) is 5.78. The minimum atomic E-state index is -0.185. The van der Waals surface area contributed by atoms with Crippen molar-refractivity contribution < 1.29 is 14.3 Å². The van der Waals surface area contributed by atoms with Crippen molar-refractivity contribution in [1.82, 2.24) is 5.32 Å². The summed E-state index contributed by atoms with van der Waals surface area (Å²) in [6, 6.07) is 15.7. The first kappa shape index (κ1) is 18.3. The Morgan fingerprint density at radius 2 is 1.88 bits per heavy atom. The predicted octanol–water partition coefficient (Wildman–Crippen LogP) is 3.87. The number of ether oxygens (including phenoxy) is 2. The van der Waals surface area contributed by atoms with E-state index in [1.165, 1.54) is 5.56 Å². The summed E-state index contributed by atoms with van der Waals surface area (Å²) in [4.78, 5) is 12.4. The van der Waals surface area contributed by atoms with Crippen LogP contribution in [0, 0.1) is 6.92 Å². The average molecular weight is 354 g/mol. The van der Waals surface area contributed by atoms with E-state index in [2.05, 4.69) is 22.8 Å². The molecule has 0 atom stereocenters. The van der Waals surface area contributed by atoms with Gasteiger partial charge in [0.25, 0.3) is 0 Å². The van der Waals surface area contributed by atoms with Crippen molar-refractivity contribution in [3.63, 3.8) is 0 Å². The zero-order valence-electron chi connectivity index (χ0n) is 15.4. The van der Waals surface area contributed by atoms with Gasteiger partial charge in [-0.15, -0.1) is 0 Å². The Morgan fingerprint density at radius 3 is 2.54 bits per heavy atom. The molecule has 0 aromatic heterocycles. The largest absolute Gasteiger partial charge is 0.497 e. The van der Waals surface area contributed by atoms with Gasteiger partial charge in [-0.3, -0.25) is 0 Å². The second kappa shape index (κ2) is 8.23. The highest BCUT2D eigenvalue weighted by atomic mass is 16.5. The maximum atomic E-state index is 12.4. The van der Waals surface area contributed by atoms with E-state index >= 15 is 0 Å². The molecule has 138 valence electrons. The monoisotopic (exact) mass is 354 g/mol. The van der Waals surface area contributed by atoms with Gasteiger partial charge in [0.1, 0.15) is 5.75 Å². The molecule has 0 saturated carbocycles. The molecule has 1 aliphatic heterocycles. The molecule has 5 heteroatoms. The number of rotatable bonds is 5. The molecule has 3 rings (SSSR count). The molecular formula is C21H26N2O3. The quantitative estimate of drug-likeness (QED) is 0.857. The van der Waals surface area contributed by atoms with Crippen LogP contribution < -0.4 is 15.4 Å². The van der Waals surface area contributed by atoms with Gasteiger partial charge in [-0.2, -0.15) is 0 Å². The normalized spacial score (nSPS) is 15.9. The van der Waals surface area contributed by atoms with E-state index in [0.717, 1.165) is 29.8 Å². The predicted molar refractivity (Wildman–Crippen MR) is 103 cm³/mol. The lowest BCUT2D eigenvalue weighted by Gasteiger charge is -2.38. The molecule has 1 aliphatic rings. The number of nitrogens with one attached hydrogen (secondary N) is 2. The zero-order valence-corrected chi connectivity index (χ0v) is 15.4. The standard InChI is InChI=1S/C21H26N2O3/c1-16-4-3-5-18(14-16)23-20(24)22-15-21(10-12-26-13-11-21)17-6-8-19(25-2)9-7-17/h3-9,14H,10-13,15H2,1-2H3,(H2,22,23,24). The highest BCUT2D eigenvalue weighted by molar-refractivity contribution is 5.89. The van der Waals surface area contributed by atoms with Crippen LogP contribution in [0.1, 0.15) is 24.0 Å². The number of methoxy groups -OCH3 is 1. The summed E-state index contributed by atoms with van der Waals surface area (Å²) < 4.78 is 10.8. The van der Waals surface area contributed by atoms with Crippen molar-refractivity contribution in [1.29, 1.82) is 0 Å². The van der Waals surface area contributed by atoms with E-state index in [1.807, 2.05) is 43.3 Å². The Hall–Kier alpha value is -2.53. The van der Waals surface area contributed by atoms with Crippen molar-refractivity contribution in [3.8, 4) is 5.75 Å². The number of carbonyl (C=O) groups is 1. The fourth-order valence-electron chi connectivity index (χ4n) is 3.42. The van der Waals surface area contributed by atoms with Gasteiger partial charge in [0.05, 0.1) is 7.11 Å². The average Bonchev–Trinajstić information content (AvgIpc) is 2.67. The molecule has 0 radical (unpaired) electrons. The molecule has 1 fully saturated rings. The summed E-state index contributed by atoms with van der Waals surface area (Å²) in [5.41, 5.74) is 3.00. The van der Waals surface area contributed by atoms with Crippen LogP contribution in [0.4, 0.5) is 10.5 Å². The molecule has 2 amide bonds. The summed E-state index contributed by atoms with van der Waals surface area (Å²) in [5, 5.41) is 5.96. The third-order valence-electron chi connectivity index (χ3n) is 5.02. The van der Waals surface area contributed by atoms with Crippen molar-refractivity contribution >= 4 is 11.7 Å². The van der Waals surface area contributed by atoms with E-state index in [1.54, 1.807) is 7.11 Å². The second-order valence-corrected chi connectivity index (χ2v) is 6.80. The Bertz CT molecular complexity index is 737. The number of amides is 2. The SMILES string of the molecule is COc1ccc(C2(CNC(=O)Nc3cccc(C)c3)CCOCC2)cc1. The number of benzene rings is 2. The molecule has 2 aromatic carbocycles. The first-order valence-electron chi connectivity index (χ1n) is 8.95. The van der Waals surface area contributed by atoms with Gasteiger partial charge in [-0.25, -0.2) is 4.79 Å². The van der Waals surface area contributed by atoms with Crippen LogP contribution in [-0.4, -0.2) is 32.9 Å². The summed E-state index contributed by atoms with van der Waals surface area (Å²) in [6.07, 6.45) is 1.76. The number of hydrogen-bond donors (Lipinski definition) is 2. The van der Waals surface area contributed by atoms with Crippen LogP contribution in [0.3, 0.4) is 0 Å². The fraction of sp³-hybridized carbons (Fsp3) is 0.381. The summed E-state index contributed by atoms with van der Waals surface area (Å²) >= 11 is 0. The molecular weight excluding hydrogens is 328 g/mol. The molecule has 1 saturated heterocycles.